The van der Waals surface area contributed by atoms with Gasteiger partial charge in [-0.1, -0.05) is 35.9 Å². The van der Waals surface area contributed by atoms with Gasteiger partial charge in [0.1, 0.15) is 5.75 Å². The molecule has 2 aliphatic rings. The topological polar surface area (TPSA) is 46.7 Å². The number of nitrogens with one attached hydrogen (secondary N) is 1. The van der Waals surface area contributed by atoms with E-state index in [2.05, 4.69) is 68.3 Å². The highest BCUT2D eigenvalue weighted by atomic mass is 79.9. The highest BCUT2D eigenvalue weighted by Crippen LogP contribution is 2.43. The first kappa shape index (κ1) is 20.9. The number of methoxy groups -OCH3 is 1. The Kier molecular flexibility index (Phi) is 5.24. The van der Waals surface area contributed by atoms with E-state index in [1.807, 2.05) is 12.1 Å². The molecule has 1 atom stereocenters. The highest BCUT2D eigenvalue weighted by Gasteiger charge is 2.33. The second kappa shape index (κ2) is 8.28. The minimum Gasteiger partial charge on any atom is -0.496 e. The molecule has 2 aliphatic heterocycles. The van der Waals surface area contributed by atoms with Gasteiger partial charge >= 0.3 is 0 Å². The zero-order valence-corrected chi connectivity index (χ0v) is 20.4. The van der Waals surface area contributed by atoms with Crippen molar-refractivity contribution in [3.8, 4) is 17.2 Å². The molecule has 4 aromatic rings. The van der Waals surface area contributed by atoms with Crippen molar-refractivity contribution in [1.29, 1.82) is 0 Å². The van der Waals surface area contributed by atoms with Gasteiger partial charge in [0, 0.05) is 40.8 Å². The van der Waals surface area contributed by atoms with Crippen LogP contribution in [0.2, 0.25) is 5.02 Å². The Balaban J connectivity index is 1.46. The lowest BCUT2D eigenvalue weighted by Crippen LogP contribution is -2.35. The number of fused-ring (bicyclic) bond motifs is 4. The van der Waals surface area contributed by atoms with E-state index in [1.54, 1.807) is 7.11 Å². The summed E-state index contributed by atoms with van der Waals surface area (Å²) in [4.78, 5) is 6.18. The second-order valence-corrected chi connectivity index (χ2v) is 9.64. The SMILES string of the molecule is COc1cc(C2c3[nH]c4ccccc4c3CCN2Cc2cc3c(cc2Cl)OCO3)ccc1Br. The third kappa shape index (κ3) is 3.57. The number of halogens is 2. The van der Waals surface area contributed by atoms with Crippen LogP contribution in [0.3, 0.4) is 0 Å². The van der Waals surface area contributed by atoms with Crippen LogP contribution in [0.4, 0.5) is 0 Å². The van der Waals surface area contributed by atoms with Crippen LogP contribution in [0.25, 0.3) is 10.9 Å². The molecule has 0 radical (unpaired) electrons. The number of hydrogen-bond acceptors (Lipinski definition) is 4. The average Bonchev–Trinajstić information content (AvgIpc) is 3.43. The molecular formula is C26H22BrClN2O3. The van der Waals surface area contributed by atoms with Crippen molar-refractivity contribution in [2.24, 2.45) is 0 Å². The Labute approximate surface area is 205 Å². The summed E-state index contributed by atoms with van der Waals surface area (Å²) in [6.07, 6.45) is 0.964. The van der Waals surface area contributed by atoms with E-state index in [-0.39, 0.29) is 12.8 Å². The number of benzene rings is 3. The lowest BCUT2D eigenvalue weighted by molar-refractivity contribution is 0.173. The monoisotopic (exact) mass is 524 g/mol. The van der Waals surface area contributed by atoms with E-state index in [1.165, 1.54) is 27.7 Å². The van der Waals surface area contributed by atoms with Crippen molar-refractivity contribution in [3.05, 3.63) is 86.5 Å². The number of H-pyrrole nitrogens is 1. The van der Waals surface area contributed by atoms with Gasteiger partial charge in [0.25, 0.3) is 0 Å². The van der Waals surface area contributed by atoms with Crippen molar-refractivity contribution in [3.63, 3.8) is 0 Å². The summed E-state index contributed by atoms with van der Waals surface area (Å²) in [6.45, 7) is 1.83. The molecule has 0 saturated carbocycles. The molecule has 168 valence electrons. The second-order valence-electron chi connectivity index (χ2n) is 8.38. The van der Waals surface area contributed by atoms with Crippen LogP contribution >= 0.6 is 27.5 Å². The molecule has 3 heterocycles. The summed E-state index contributed by atoms with van der Waals surface area (Å²) in [5.74, 6) is 2.27. The van der Waals surface area contributed by atoms with Crippen LogP contribution < -0.4 is 14.2 Å². The molecule has 3 aromatic carbocycles. The molecule has 1 N–H and O–H groups in total. The molecule has 0 amide bonds. The number of nitrogens with zero attached hydrogens (tertiary/aromatic N) is 1. The summed E-state index contributed by atoms with van der Waals surface area (Å²) in [6, 6.07) is 18.7. The van der Waals surface area contributed by atoms with Crippen LogP contribution in [0, 0.1) is 0 Å². The summed E-state index contributed by atoms with van der Waals surface area (Å²) >= 11 is 10.2. The Morgan fingerprint density at radius 2 is 1.94 bits per heavy atom. The van der Waals surface area contributed by atoms with Crippen LogP contribution in [0.15, 0.2) is 59.1 Å². The third-order valence-electron chi connectivity index (χ3n) is 6.54. The van der Waals surface area contributed by atoms with Crippen molar-refractivity contribution in [2.45, 2.75) is 19.0 Å². The van der Waals surface area contributed by atoms with Crippen LogP contribution in [0.1, 0.15) is 28.4 Å². The van der Waals surface area contributed by atoms with E-state index < -0.39 is 0 Å². The van der Waals surface area contributed by atoms with E-state index in [0.29, 0.717) is 17.3 Å². The van der Waals surface area contributed by atoms with Gasteiger partial charge in [0.15, 0.2) is 11.5 Å². The Morgan fingerprint density at radius 1 is 1.12 bits per heavy atom. The minimum atomic E-state index is 0.0321. The van der Waals surface area contributed by atoms with Crippen LogP contribution in [0.5, 0.6) is 17.2 Å². The van der Waals surface area contributed by atoms with Gasteiger partial charge in [-0.15, -0.1) is 0 Å². The molecule has 0 spiro atoms. The third-order valence-corrected chi connectivity index (χ3v) is 7.55. The average molecular weight is 526 g/mol. The van der Waals surface area contributed by atoms with Crippen LogP contribution in [-0.2, 0) is 13.0 Å². The molecule has 6 rings (SSSR count). The quantitative estimate of drug-likeness (QED) is 0.332. The molecule has 5 nitrogen and oxygen atoms in total. The first-order valence-electron chi connectivity index (χ1n) is 10.9. The summed E-state index contributed by atoms with van der Waals surface area (Å²) in [5.41, 5.74) is 5.96. The van der Waals surface area contributed by atoms with Gasteiger partial charge in [-0.3, -0.25) is 4.90 Å². The molecule has 0 saturated heterocycles. The van der Waals surface area contributed by atoms with Crippen molar-refractivity contribution in [1.82, 2.24) is 9.88 Å². The summed E-state index contributed by atoms with van der Waals surface area (Å²) < 4.78 is 17.7. The minimum absolute atomic E-state index is 0.0321. The van der Waals surface area contributed by atoms with Gasteiger partial charge in [-0.2, -0.15) is 0 Å². The molecule has 0 bridgehead atoms. The number of rotatable bonds is 4. The van der Waals surface area contributed by atoms with E-state index in [9.17, 15) is 0 Å². The number of ether oxygens (including phenoxy) is 3. The van der Waals surface area contributed by atoms with E-state index in [0.717, 1.165) is 34.5 Å². The van der Waals surface area contributed by atoms with E-state index >= 15 is 0 Å². The maximum absolute atomic E-state index is 6.66. The number of aromatic amines is 1. The van der Waals surface area contributed by atoms with Crippen LogP contribution in [-0.4, -0.2) is 30.3 Å². The molecule has 0 aliphatic carbocycles. The molecule has 1 aromatic heterocycles. The number of aromatic nitrogens is 1. The zero-order chi connectivity index (χ0) is 22.5. The molecule has 1 unspecified atom stereocenters. The van der Waals surface area contributed by atoms with Gasteiger partial charge in [-0.25, -0.2) is 0 Å². The van der Waals surface area contributed by atoms with Crippen molar-refractivity contribution in [2.75, 3.05) is 20.4 Å². The van der Waals surface area contributed by atoms with E-state index in [4.69, 9.17) is 25.8 Å². The predicted octanol–water partition coefficient (Wildman–Crippen LogP) is 6.47. The zero-order valence-electron chi connectivity index (χ0n) is 18.0. The number of hydrogen-bond donors (Lipinski definition) is 1. The Bertz CT molecular complexity index is 1370. The van der Waals surface area contributed by atoms with Crippen molar-refractivity contribution >= 4 is 38.4 Å². The predicted molar refractivity (Wildman–Crippen MR) is 133 cm³/mol. The standard InChI is InChI=1S/C26H22BrClN2O3/c1-31-22-10-15(6-7-19(22)27)26-25-18(17-4-2-3-5-21(17)29-25)8-9-30(26)13-16-11-23-24(12-20(16)28)33-14-32-23/h2-7,10-12,26,29H,8-9,13-14H2,1H3. The van der Waals surface area contributed by atoms with Gasteiger partial charge in [-0.05, 0) is 63.3 Å². The first-order valence-corrected chi connectivity index (χ1v) is 12.0. The molecule has 0 fully saturated rings. The number of para-hydroxylation sites is 1. The fourth-order valence-electron chi connectivity index (χ4n) is 4.98. The lowest BCUT2D eigenvalue weighted by Gasteiger charge is -2.36. The van der Waals surface area contributed by atoms with Crippen molar-refractivity contribution < 1.29 is 14.2 Å². The normalized spacial score (nSPS) is 17.4. The van der Waals surface area contributed by atoms with Gasteiger partial charge in [0.2, 0.25) is 6.79 Å². The maximum atomic E-state index is 6.66. The fourth-order valence-corrected chi connectivity index (χ4v) is 5.61. The van der Waals surface area contributed by atoms with Gasteiger partial charge < -0.3 is 19.2 Å². The molecule has 33 heavy (non-hydrogen) atoms. The smallest absolute Gasteiger partial charge is 0.231 e. The Hall–Kier alpha value is -2.67. The molecule has 7 heteroatoms. The first-order chi connectivity index (χ1) is 16.1. The Morgan fingerprint density at radius 3 is 2.79 bits per heavy atom. The highest BCUT2D eigenvalue weighted by molar-refractivity contribution is 9.10. The van der Waals surface area contributed by atoms with Gasteiger partial charge in [0.05, 0.1) is 17.6 Å². The lowest BCUT2D eigenvalue weighted by atomic mass is 9.91. The summed E-state index contributed by atoms with van der Waals surface area (Å²) in [5, 5.41) is 1.98. The summed E-state index contributed by atoms with van der Waals surface area (Å²) in [7, 11) is 1.70. The maximum Gasteiger partial charge on any atom is 0.231 e. The molecular weight excluding hydrogens is 504 g/mol. The fraction of sp³-hybridized carbons (Fsp3) is 0.231. The largest absolute Gasteiger partial charge is 0.496 e.